The number of carbonyl (C=O) groups excluding carboxylic acids is 3. The second-order valence-electron chi connectivity index (χ2n) is 7.31. The molecule has 3 amide bonds. The molecule has 0 saturated carbocycles. The molecule has 1 heterocycles. The molecule has 3 rings (SSSR count). The molecular weight excluding hydrogens is 390 g/mol. The van der Waals surface area contributed by atoms with Crippen LogP contribution >= 0.6 is 11.6 Å². The van der Waals surface area contributed by atoms with Gasteiger partial charge in [-0.3, -0.25) is 9.59 Å². The highest BCUT2D eigenvalue weighted by Gasteiger charge is 2.28. The maximum absolute atomic E-state index is 12.9. The number of rotatable bonds is 4. The number of ketones is 1. The summed E-state index contributed by atoms with van der Waals surface area (Å²) >= 11 is 6.10. The molecule has 0 bridgehead atoms. The van der Waals surface area contributed by atoms with Crippen molar-refractivity contribution in [2.45, 2.75) is 12.8 Å². The first kappa shape index (κ1) is 20.9. The van der Waals surface area contributed by atoms with E-state index in [2.05, 4.69) is 5.32 Å². The fourth-order valence-corrected chi connectivity index (χ4v) is 3.58. The lowest BCUT2D eigenvalue weighted by Gasteiger charge is -2.33. The van der Waals surface area contributed by atoms with Crippen molar-refractivity contribution < 1.29 is 14.4 Å². The Morgan fingerprint density at radius 3 is 2.31 bits per heavy atom. The number of hydrogen-bond donors (Lipinski definition) is 1. The van der Waals surface area contributed by atoms with Gasteiger partial charge in [0.2, 0.25) is 5.91 Å². The molecule has 7 heteroatoms. The van der Waals surface area contributed by atoms with Crippen molar-refractivity contribution in [1.29, 1.82) is 0 Å². The first-order chi connectivity index (χ1) is 13.9. The minimum atomic E-state index is -0.212. The third kappa shape index (κ3) is 4.95. The first-order valence-electron chi connectivity index (χ1n) is 9.53. The highest BCUT2D eigenvalue weighted by Crippen LogP contribution is 2.26. The van der Waals surface area contributed by atoms with E-state index in [0.29, 0.717) is 47.8 Å². The van der Waals surface area contributed by atoms with E-state index < -0.39 is 0 Å². The minimum Gasteiger partial charge on any atom is -0.331 e. The summed E-state index contributed by atoms with van der Waals surface area (Å²) in [7, 11) is 3.43. The van der Waals surface area contributed by atoms with Gasteiger partial charge in [0.05, 0.1) is 5.69 Å². The zero-order valence-corrected chi connectivity index (χ0v) is 17.3. The van der Waals surface area contributed by atoms with Crippen LogP contribution in [0.25, 0.3) is 0 Å². The van der Waals surface area contributed by atoms with Crippen LogP contribution in [0, 0.1) is 5.92 Å². The number of halogens is 1. The highest BCUT2D eigenvalue weighted by molar-refractivity contribution is 6.31. The van der Waals surface area contributed by atoms with Crippen molar-refractivity contribution in [2.75, 3.05) is 32.5 Å². The van der Waals surface area contributed by atoms with Crippen molar-refractivity contribution in [3.8, 4) is 0 Å². The second-order valence-corrected chi connectivity index (χ2v) is 7.75. The summed E-state index contributed by atoms with van der Waals surface area (Å²) in [6.07, 6.45) is 1.17. The smallest absolute Gasteiger partial charge is 0.319 e. The van der Waals surface area contributed by atoms with Gasteiger partial charge >= 0.3 is 6.03 Å². The molecule has 1 aliphatic heterocycles. The summed E-state index contributed by atoms with van der Waals surface area (Å²) in [4.78, 5) is 41.0. The molecule has 0 aliphatic carbocycles. The fraction of sp³-hybridized carbons (Fsp3) is 0.318. The quantitative estimate of drug-likeness (QED) is 0.773. The number of amides is 3. The molecule has 1 saturated heterocycles. The standard InChI is InChI=1S/C22H24ClN3O3/c1-25(2)22(29)26-12-10-16(11-13-26)21(28)24-19-9-8-17(23)14-18(19)20(27)15-6-4-3-5-7-15/h3-9,14,16H,10-13H2,1-2H3,(H,24,28). The Labute approximate surface area is 175 Å². The van der Waals surface area contributed by atoms with Crippen molar-refractivity contribution in [3.63, 3.8) is 0 Å². The van der Waals surface area contributed by atoms with Crippen LogP contribution < -0.4 is 5.32 Å². The van der Waals surface area contributed by atoms with E-state index in [1.165, 1.54) is 4.90 Å². The van der Waals surface area contributed by atoms with Gasteiger partial charge in [0.1, 0.15) is 0 Å². The van der Waals surface area contributed by atoms with E-state index in [-0.39, 0.29) is 23.6 Å². The van der Waals surface area contributed by atoms with Gasteiger partial charge in [-0.15, -0.1) is 0 Å². The summed E-state index contributed by atoms with van der Waals surface area (Å²) in [5.41, 5.74) is 1.33. The van der Waals surface area contributed by atoms with Crippen LogP contribution in [0.4, 0.5) is 10.5 Å². The summed E-state index contributed by atoms with van der Waals surface area (Å²) in [6, 6.07) is 13.7. The molecule has 0 atom stereocenters. The molecule has 0 spiro atoms. The number of nitrogens with one attached hydrogen (secondary N) is 1. The molecule has 1 fully saturated rings. The molecule has 29 heavy (non-hydrogen) atoms. The van der Waals surface area contributed by atoms with Crippen LogP contribution in [0.15, 0.2) is 48.5 Å². The lowest BCUT2D eigenvalue weighted by molar-refractivity contribution is -0.121. The van der Waals surface area contributed by atoms with E-state index in [9.17, 15) is 14.4 Å². The molecular formula is C22H24ClN3O3. The zero-order chi connectivity index (χ0) is 21.0. The molecule has 0 unspecified atom stereocenters. The summed E-state index contributed by atoms with van der Waals surface area (Å²) in [6.45, 7) is 1.07. The van der Waals surface area contributed by atoms with Crippen LogP contribution in [0.1, 0.15) is 28.8 Å². The molecule has 0 radical (unpaired) electrons. The normalized spacial score (nSPS) is 14.4. The van der Waals surface area contributed by atoms with Crippen molar-refractivity contribution in [1.82, 2.24) is 9.80 Å². The molecule has 1 aliphatic rings. The van der Waals surface area contributed by atoms with Gasteiger partial charge in [-0.2, -0.15) is 0 Å². The largest absolute Gasteiger partial charge is 0.331 e. The number of nitrogens with zero attached hydrogens (tertiary/aromatic N) is 2. The van der Waals surface area contributed by atoms with E-state index in [1.54, 1.807) is 61.5 Å². The van der Waals surface area contributed by atoms with Crippen LogP contribution in [0.2, 0.25) is 5.02 Å². The van der Waals surface area contributed by atoms with Crippen LogP contribution in [-0.2, 0) is 4.79 Å². The van der Waals surface area contributed by atoms with Gasteiger partial charge in [0, 0.05) is 49.3 Å². The van der Waals surface area contributed by atoms with Gasteiger partial charge in [-0.25, -0.2) is 4.79 Å². The summed E-state index contributed by atoms with van der Waals surface area (Å²) < 4.78 is 0. The summed E-state index contributed by atoms with van der Waals surface area (Å²) in [5, 5.41) is 3.32. The van der Waals surface area contributed by atoms with Crippen molar-refractivity contribution in [3.05, 3.63) is 64.7 Å². The molecule has 2 aromatic rings. The molecule has 1 N–H and O–H groups in total. The van der Waals surface area contributed by atoms with Gasteiger partial charge < -0.3 is 15.1 Å². The Morgan fingerprint density at radius 1 is 1.03 bits per heavy atom. The first-order valence-corrected chi connectivity index (χ1v) is 9.91. The van der Waals surface area contributed by atoms with Crippen molar-refractivity contribution >= 4 is 35.0 Å². The predicted octanol–water partition coefficient (Wildman–Crippen LogP) is 3.90. The van der Waals surface area contributed by atoms with Crippen LogP contribution in [-0.4, -0.2) is 54.7 Å². The van der Waals surface area contributed by atoms with Crippen LogP contribution in [0.5, 0.6) is 0 Å². The Morgan fingerprint density at radius 2 is 1.69 bits per heavy atom. The third-order valence-corrected chi connectivity index (χ3v) is 5.27. The maximum atomic E-state index is 12.9. The van der Waals surface area contributed by atoms with E-state index in [1.807, 2.05) is 6.07 Å². The number of hydrogen-bond acceptors (Lipinski definition) is 3. The maximum Gasteiger partial charge on any atom is 0.319 e. The topological polar surface area (TPSA) is 69.7 Å². The number of benzene rings is 2. The van der Waals surface area contributed by atoms with Gasteiger partial charge in [-0.05, 0) is 31.0 Å². The minimum absolute atomic E-state index is 0.0442. The summed E-state index contributed by atoms with van der Waals surface area (Å²) in [5.74, 6) is -0.558. The van der Waals surface area contributed by atoms with E-state index in [4.69, 9.17) is 11.6 Å². The number of likely N-dealkylation sites (tertiary alicyclic amines) is 1. The zero-order valence-electron chi connectivity index (χ0n) is 16.5. The average molecular weight is 414 g/mol. The molecule has 0 aromatic heterocycles. The monoisotopic (exact) mass is 413 g/mol. The number of piperidine rings is 1. The Bertz CT molecular complexity index is 907. The Kier molecular flexibility index (Phi) is 6.54. The lowest BCUT2D eigenvalue weighted by Crippen LogP contribution is -2.45. The lowest BCUT2D eigenvalue weighted by atomic mass is 9.95. The Hall–Kier alpha value is -2.86. The molecule has 2 aromatic carbocycles. The SMILES string of the molecule is CN(C)C(=O)N1CCC(C(=O)Nc2ccc(Cl)cc2C(=O)c2ccccc2)CC1. The Balaban J connectivity index is 1.72. The van der Waals surface area contributed by atoms with Gasteiger partial charge in [0.25, 0.3) is 0 Å². The van der Waals surface area contributed by atoms with E-state index in [0.717, 1.165) is 0 Å². The second kappa shape index (κ2) is 9.09. The van der Waals surface area contributed by atoms with Gasteiger partial charge in [-0.1, -0.05) is 41.9 Å². The predicted molar refractivity (Wildman–Crippen MR) is 113 cm³/mol. The highest BCUT2D eigenvalue weighted by atomic mass is 35.5. The number of anilines is 1. The average Bonchev–Trinajstić information content (AvgIpc) is 2.74. The van der Waals surface area contributed by atoms with Crippen LogP contribution in [0.3, 0.4) is 0 Å². The number of urea groups is 1. The molecule has 6 nitrogen and oxygen atoms in total. The molecule has 152 valence electrons. The third-order valence-electron chi connectivity index (χ3n) is 5.04. The van der Waals surface area contributed by atoms with Gasteiger partial charge in [0.15, 0.2) is 5.78 Å². The fourth-order valence-electron chi connectivity index (χ4n) is 3.41. The van der Waals surface area contributed by atoms with Crippen molar-refractivity contribution in [2.24, 2.45) is 5.92 Å². The number of carbonyl (C=O) groups is 3. The van der Waals surface area contributed by atoms with E-state index >= 15 is 0 Å².